The van der Waals surface area contributed by atoms with E-state index < -0.39 is 17.6 Å². The summed E-state index contributed by atoms with van der Waals surface area (Å²) in [5.74, 6) is 0.905. The molecule has 1 fully saturated rings. The Morgan fingerprint density at radius 2 is 1.75 bits per heavy atom. The Morgan fingerprint density at radius 3 is 2.53 bits per heavy atom. The van der Waals surface area contributed by atoms with E-state index in [0.717, 1.165) is 11.1 Å². The summed E-state index contributed by atoms with van der Waals surface area (Å²) in [6, 6.07) is 16.1. The first-order valence-electron chi connectivity index (χ1n) is 12.2. The molecule has 1 spiro atoms. The number of nitrogens with one attached hydrogen (secondary N) is 1. The molecule has 0 unspecified atom stereocenters. The minimum atomic E-state index is -0.804. The number of piperidine rings is 1. The summed E-state index contributed by atoms with van der Waals surface area (Å²) in [6.45, 7) is 1.97. The van der Waals surface area contributed by atoms with Crippen molar-refractivity contribution in [3.8, 4) is 11.5 Å². The molecule has 0 radical (unpaired) electrons. The monoisotopic (exact) mass is 485 g/mol. The van der Waals surface area contributed by atoms with Gasteiger partial charge < -0.3 is 24.8 Å². The van der Waals surface area contributed by atoms with E-state index in [9.17, 15) is 14.7 Å². The predicted octanol–water partition coefficient (Wildman–Crippen LogP) is 2.87. The Balaban J connectivity index is 1.21. The molecule has 1 aromatic heterocycles. The predicted molar refractivity (Wildman–Crippen MR) is 131 cm³/mol. The average molecular weight is 486 g/mol. The molecule has 2 atom stereocenters. The second-order valence-corrected chi connectivity index (χ2v) is 9.53. The lowest BCUT2D eigenvalue weighted by Crippen LogP contribution is -2.51. The van der Waals surface area contributed by atoms with E-state index in [0.29, 0.717) is 61.8 Å². The van der Waals surface area contributed by atoms with Crippen LogP contribution in [0.2, 0.25) is 0 Å². The van der Waals surface area contributed by atoms with E-state index in [2.05, 4.69) is 10.3 Å². The van der Waals surface area contributed by atoms with Crippen LogP contribution in [0.15, 0.2) is 67.0 Å². The van der Waals surface area contributed by atoms with Gasteiger partial charge in [0.25, 0.3) is 11.8 Å². The summed E-state index contributed by atoms with van der Waals surface area (Å²) in [5, 5.41) is 14.6. The molecule has 8 nitrogen and oxygen atoms in total. The molecule has 1 saturated heterocycles. The minimum Gasteiger partial charge on any atom is -0.486 e. The molecule has 0 saturated carbocycles. The SMILES string of the molecule is O=C(N[C@@H]1c2ccccc2C2(CCN(C(=O)c3ccc4c(c3)OCCO4)CC2)[C@H]1O)c1cccnc1. The Bertz CT molecular complexity index is 1300. The van der Waals surface area contributed by atoms with E-state index in [1.165, 1.54) is 6.20 Å². The first-order valence-corrected chi connectivity index (χ1v) is 12.2. The second kappa shape index (κ2) is 8.95. The maximum absolute atomic E-state index is 13.3. The van der Waals surface area contributed by atoms with Gasteiger partial charge in [-0.05, 0) is 54.3 Å². The number of pyridine rings is 1. The van der Waals surface area contributed by atoms with Crippen LogP contribution in [0.1, 0.15) is 50.7 Å². The quantitative estimate of drug-likeness (QED) is 0.592. The number of aromatic nitrogens is 1. The van der Waals surface area contributed by atoms with Crippen molar-refractivity contribution in [3.05, 3.63) is 89.2 Å². The van der Waals surface area contributed by atoms with Crippen molar-refractivity contribution in [2.45, 2.75) is 30.4 Å². The first-order chi connectivity index (χ1) is 17.6. The molecule has 2 aromatic carbocycles. The normalized spacial score (nSPS) is 21.6. The Kier molecular flexibility index (Phi) is 5.60. The number of carbonyl (C=O) groups excluding carboxylic acids is 2. The summed E-state index contributed by atoms with van der Waals surface area (Å²) < 4.78 is 11.2. The fourth-order valence-corrected chi connectivity index (χ4v) is 5.78. The fourth-order valence-electron chi connectivity index (χ4n) is 5.78. The third kappa shape index (κ3) is 3.69. The molecule has 8 heteroatoms. The molecule has 0 bridgehead atoms. The molecule has 3 aliphatic rings. The van der Waals surface area contributed by atoms with Gasteiger partial charge in [0.2, 0.25) is 0 Å². The number of benzene rings is 2. The number of fused-ring (bicyclic) bond motifs is 3. The van der Waals surface area contributed by atoms with Crippen molar-refractivity contribution in [1.29, 1.82) is 0 Å². The van der Waals surface area contributed by atoms with E-state index in [1.54, 1.807) is 36.5 Å². The van der Waals surface area contributed by atoms with Gasteiger partial charge in [-0.2, -0.15) is 0 Å². The summed E-state index contributed by atoms with van der Waals surface area (Å²) in [6.07, 6.45) is 3.52. The van der Waals surface area contributed by atoms with Crippen LogP contribution in [-0.4, -0.2) is 59.2 Å². The third-order valence-corrected chi connectivity index (χ3v) is 7.66. The molecule has 2 amide bonds. The number of aliphatic hydroxyl groups excluding tert-OH is 1. The minimum absolute atomic E-state index is 0.0657. The van der Waals surface area contributed by atoms with Gasteiger partial charge in [0.15, 0.2) is 11.5 Å². The Hall–Kier alpha value is -3.91. The molecule has 3 aromatic rings. The van der Waals surface area contributed by atoms with Crippen LogP contribution in [0, 0.1) is 0 Å². The summed E-state index contributed by atoms with van der Waals surface area (Å²) >= 11 is 0. The van der Waals surface area contributed by atoms with Crippen molar-refractivity contribution >= 4 is 11.8 Å². The van der Waals surface area contributed by atoms with Crippen LogP contribution < -0.4 is 14.8 Å². The number of aliphatic hydroxyl groups is 1. The molecule has 3 heterocycles. The number of amides is 2. The van der Waals surface area contributed by atoms with Crippen LogP contribution in [-0.2, 0) is 5.41 Å². The first kappa shape index (κ1) is 22.5. The zero-order valence-corrected chi connectivity index (χ0v) is 19.7. The van der Waals surface area contributed by atoms with Crippen LogP contribution >= 0.6 is 0 Å². The molecule has 6 rings (SSSR count). The summed E-state index contributed by atoms with van der Waals surface area (Å²) in [7, 11) is 0. The number of nitrogens with zero attached hydrogens (tertiary/aromatic N) is 2. The van der Waals surface area contributed by atoms with Gasteiger partial charge >= 0.3 is 0 Å². The van der Waals surface area contributed by atoms with Gasteiger partial charge in [-0.3, -0.25) is 14.6 Å². The maximum atomic E-state index is 13.3. The number of likely N-dealkylation sites (tertiary alicyclic amines) is 1. The zero-order valence-electron chi connectivity index (χ0n) is 19.7. The molecule has 2 N–H and O–H groups in total. The Labute approximate surface area is 208 Å². The Morgan fingerprint density at radius 1 is 0.972 bits per heavy atom. The number of carbonyl (C=O) groups is 2. The summed E-state index contributed by atoms with van der Waals surface area (Å²) in [5.41, 5.74) is 2.44. The van der Waals surface area contributed by atoms with E-state index in [-0.39, 0.29) is 11.8 Å². The standard InChI is InChI=1S/C28H27N3O5/c32-25-24(30-26(33)19-4-3-11-29-17-19)20-5-1-2-6-21(20)28(25)9-12-31(13-10-28)27(34)18-7-8-22-23(16-18)36-15-14-35-22/h1-8,11,16-17,24-25,32H,9-10,12-15H2,(H,30,33)/t24-,25+/m1/s1. The van der Waals surface area contributed by atoms with Crippen LogP contribution in [0.3, 0.4) is 0 Å². The van der Waals surface area contributed by atoms with Gasteiger partial charge in [0.1, 0.15) is 13.2 Å². The van der Waals surface area contributed by atoms with Gasteiger partial charge in [-0.1, -0.05) is 24.3 Å². The maximum Gasteiger partial charge on any atom is 0.253 e. The largest absolute Gasteiger partial charge is 0.486 e. The smallest absolute Gasteiger partial charge is 0.253 e. The topological polar surface area (TPSA) is 101 Å². The molecule has 1 aliphatic carbocycles. The molecule has 2 aliphatic heterocycles. The van der Waals surface area contributed by atoms with Gasteiger partial charge in [0.05, 0.1) is 17.7 Å². The highest BCUT2D eigenvalue weighted by atomic mass is 16.6. The van der Waals surface area contributed by atoms with Crippen molar-refractivity contribution in [3.63, 3.8) is 0 Å². The van der Waals surface area contributed by atoms with Gasteiger partial charge in [-0.25, -0.2) is 0 Å². The lowest BCUT2D eigenvalue weighted by Gasteiger charge is -2.42. The highest BCUT2D eigenvalue weighted by Crippen LogP contribution is 2.51. The van der Waals surface area contributed by atoms with Gasteiger partial charge in [0, 0.05) is 36.5 Å². The third-order valence-electron chi connectivity index (χ3n) is 7.66. The highest BCUT2D eigenvalue weighted by Gasteiger charge is 2.53. The molecule has 36 heavy (non-hydrogen) atoms. The van der Waals surface area contributed by atoms with E-state index in [4.69, 9.17) is 9.47 Å². The number of ether oxygens (including phenoxy) is 2. The lowest BCUT2D eigenvalue weighted by atomic mass is 9.72. The van der Waals surface area contributed by atoms with Crippen molar-refractivity contribution < 1.29 is 24.2 Å². The highest BCUT2D eigenvalue weighted by molar-refractivity contribution is 5.95. The fraction of sp³-hybridized carbons (Fsp3) is 0.321. The molecular weight excluding hydrogens is 458 g/mol. The average Bonchev–Trinajstić information content (AvgIpc) is 3.16. The zero-order chi connectivity index (χ0) is 24.7. The van der Waals surface area contributed by atoms with Crippen LogP contribution in [0.4, 0.5) is 0 Å². The summed E-state index contributed by atoms with van der Waals surface area (Å²) in [4.78, 5) is 32.0. The van der Waals surface area contributed by atoms with Crippen LogP contribution in [0.5, 0.6) is 11.5 Å². The van der Waals surface area contributed by atoms with Crippen molar-refractivity contribution in [2.24, 2.45) is 0 Å². The van der Waals surface area contributed by atoms with Crippen molar-refractivity contribution in [2.75, 3.05) is 26.3 Å². The second-order valence-electron chi connectivity index (χ2n) is 9.53. The molecular formula is C28H27N3O5. The lowest BCUT2D eigenvalue weighted by molar-refractivity contribution is 0.0199. The number of hydrogen-bond acceptors (Lipinski definition) is 6. The van der Waals surface area contributed by atoms with Crippen LogP contribution in [0.25, 0.3) is 0 Å². The van der Waals surface area contributed by atoms with Gasteiger partial charge in [-0.15, -0.1) is 0 Å². The number of hydrogen-bond donors (Lipinski definition) is 2. The molecule has 184 valence electrons. The van der Waals surface area contributed by atoms with Crippen molar-refractivity contribution in [1.82, 2.24) is 15.2 Å². The van der Waals surface area contributed by atoms with E-state index in [1.807, 2.05) is 29.2 Å². The number of rotatable bonds is 3. The van der Waals surface area contributed by atoms with E-state index >= 15 is 0 Å².